The zero-order valence-electron chi connectivity index (χ0n) is 7.66. The second kappa shape index (κ2) is 4.58. The molecule has 72 valence electrons. The van der Waals surface area contributed by atoms with Crippen LogP contribution in [0, 0.1) is 11.8 Å². The topological polar surface area (TPSA) is 60.2 Å². The average Bonchev–Trinajstić information content (AvgIpc) is 2.52. The Morgan fingerprint density at radius 2 is 2.21 bits per heavy atom. The molecule has 1 aromatic rings. The quantitative estimate of drug-likeness (QED) is 0.584. The molecule has 14 heavy (non-hydrogen) atoms. The first-order valence-corrected chi connectivity index (χ1v) is 4.79. The van der Waals surface area contributed by atoms with Crippen molar-refractivity contribution in [1.82, 2.24) is 0 Å². The lowest BCUT2D eigenvalue weighted by Crippen LogP contribution is -2.08. The zero-order valence-corrected chi connectivity index (χ0v) is 8.48. The van der Waals surface area contributed by atoms with Gasteiger partial charge >= 0.3 is 0 Å². The summed E-state index contributed by atoms with van der Waals surface area (Å²) in [5, 5.41) is 0. The van der Waals surface area contributed by atoms with Crippen LogP contribution in [0.25, 0.3) is 0 Å². The van der Waals surface area contributed by atoms with Crippen LogP contribution in [-0.4, -0.2) is 11.7 Å². The minimum Gasteiger partial charge on any atom is -0.369 e. The molecule has 0 spiro atoms. The monoisotopic (exact) mass is 207 g/mol. The van der Waals surface area contributed by atoms with Crippen molar-refractivity contribution in [3.8, 4) is 11.8 Å². The van der Waals surface area contributed by atoms with Gasteiger partial charge in [0, 0.05) is 0 Å². The minimum atomic E-state index is -0.444. The normalized spacial score (nSPS) is 8.93. The van der Waals surface area contributed by atoms with Gasteiger partial charge in [-0.2, -0.15) is 0 Å². The minimum absolute atomic E-state index is 0.0259. The van der Waals surface area contributed by atoms with Crippen LogP contribution < -0.4 is 5.73 Å². The molecular weight excluding hydrogens is 198 g/mol. The van der Waals surface area contributed by atoms with Crippen molar-refractivity contribution in [1.29, 1.82) is 0 Å². The van der Waals surface area contributed by atoms with Crippen LogP contribution in [0.4, 0.5) is 0 Å². The highest BCUT2D eigenvalue weighted by molar-refractivity contribution is 7.14. The van der Waals surface area contributed by atoms with Crippen molar-refractivity contribution in [2.45, 2.75) is 13.3 Å². The summed E-state index contributed by atoms with van der Waals surface area (Å²) in [5.74, 6) is 4.98. The van der Waals surface area contributed by atoms with Crippen LogP contribution in [0.15, 0.2) is 12.1 Å². The number of ketones is 1. The van der Waals surface area contributed by atoms with Gasteiger partial charge < -0.3 is 5.73 Å². The summed E-state index contributed by atoms with van der Waals surface area (Å²) >= 11 is 1.32. The van der Waals surface area contributed by atoms with Gasteiger partial charge in [-0.05, 0) is 19.1 Å². The van der Waals surface area contributed by atoms with E-state index in [9.17, 15) is 9.59 Å². The fraction of sp³-hybridized carbons (Fsp3) is 0.200. The molecule has 1 rings (SSSR count). The third-order valence-electron chi connectivity index (χ3n) is 1.43. The number of hydrogen-bond acceptors (Lipinski definition) is 3. The maximum Gasteiger partial charge on any atom is 0.229 e. The van der Waals surface area contributed by atoms with E-state index >= 15 is 0 Å². The molecule has 0 aromatic carbocycles. The predicted molar refractivity (Wildman–Crippen MR) is 55.0 cm³/mol. The van der Waals surface area contributed by atoms with E-state index in [2.05, 4.69) is 11.8 Å². The van der Waals surface area contributed by atoms with Gasteiger partial charge in [0.05, 0.1) is 16.2 Å². The van der Waals surface area contributed by atoms with E-state index in [0.29, 0.717) is 4.88 Å². The van der Waals surface area contributed by atoms with Crippen molar-refractivity contribution >= 4 is 23.0 Å². The third kappa shape index (κ3) is 3.04. The van der Waals surface area contributed by atoms with Crippen molar-refractivity contribution < 1.29 is 9.59 Å². The third-order valence-corrected chi connectivity index (χ3v) is 2.53. The highest BCUT2D eigenvalue weighted by atomic mass is 32.1. The van der Waals surface area contributed by atoms with Crippen LogP contribution in [0.2, 0.25) is 0 Å². The molecule has 0 aliphatic carbocycles. The highest BCUT2D eigenvalue weighted by Gasteiger charge is 2.01. The summed E-state index contributed by atoms with van der Waals surface area (Å²) in [7, 11) is 0. The molecule has 0 radical (unpaired) electrons. The molecule has 0 saturated heterocycles. The summed E-state index contributed by atoms with van der Waals surface area (Å²) in [5.41, 5.74) is 4.92. The lowest BCUT2D eigenvalue weighted by atomic mass is 10.3. The predicted octanol–water partition coefficient (Wildman–Crippen LogP) is 1.18. The van der Waals surface area contributed by atoms with Crippen LogP contribution in [-0.2, 0) is 4.79 Å². The molecular formula is C10H9NO2S. The van der Waals surface area contributed by atoms with Gasteiger partial charge in [0.25, 0.3) is 0 Å². The number of hydrogen-bond donors (Lipinski definition) is 1. The molecule has 0 aliphatic rings. The van der Waals surface area contributed by atoms with Gasteiger partial charge in [0.15, 0.2) is 5.78 Å². The van der Waals surface area contributed by atoms with Crippen molar-refractivity contribution in [2.24, 2.45) is 5.73 Å². The van der Waals surface area contributed by atoms with Crippen LogP contribution in [0.1, 0.15) is 27.9 Å². The largest absolute Gasteiger partial charge is 0.369 e. The lowest BCUT2D eigenvalue weighted by molar-refractivity contribution is -0.117. The number of carbonyl (C=O) groups excluding carboxylic acids is 2. The Morgan fingerprint density at radius 3 is 2.71 bits per heavy atom. The Kier molecular flexibility index (Phi) is 3.43. The average molecular weight is 207 g/mol. The van der Waals surface area contributed by atoms with E-state index in [1.54, 1.807) is 12.1 Å². The molecule has 0 unspecified atom stereocenters. The van der Waals surface area contributed by atoms with Crippen molar-refractivity contribution in [3.05, 3.63) is 21.9 Å². The number of primary amides is 1. The Hall–Kier alpha value is -1.60. The van der Waals surface area contributed by atoms with Gasteiger partial charge in [0.1, 0.15) is 0 Å². The molecule has 0 atom stereocenters. The van der Waals surface area contributed by atoms with Gasteiger partial charge in [-0.15, -0.1) is 11.3 Å². The maximum atomic E-state index is 10.9. The number of carbonyl (C=O) groups is 2. The first-order chi connectivity index (χ1) is 6.59. The second-order valence-electron chi connectivity index (χ2n) is 2.66. The smallest absolute Gasteiger partial charge is 0.229 e. The van der Waals surface area contributed by atoms with E-state index in [4.69, 9.17) is 5.73 Å². The van der Waals surface area contributed by atoms with Crippen molar-refractivity contribution in [2.75, 3.05) is 0 Å². The van der Waals surface area contributed by atoms with E-state index in [1.807, 2.05) is 0 Å². The van der Waals surface area contributed by atoms with Crippen LogP contribution in [0.3, 0.4) is 0 Å². The van der Waals surface area contributed by atoms with Gasteiger partial charge in [0.2, 0.25) is 5.91 Å². The summed E-state index contributed by atoms with van der Waals surface area (Å²) in [6.07, 6.45) is 0.0489. The first kappa shape index (κ1) is 10.5. The maximum absolute atomic E-state index is 10.9. The highest BCUT2D eigenvalue weighted by Crippen LogP contribution is 2.15. The standard InChI is InChI=1S/C10H9NO2S/c1-7(12)9-6-5-8(14-9)3-2-4-10(11)13/h5-6H,4H2,1H3,(H2,11,13). The van der Waals surface area contributed by atoms with E-state index in [1.165, 1.54) is 18.3 Å². The summed E-state index contributed by atoms with van der Waals surface area (Å²) in [6, 6.07) is 3.48. The molecule has 0 bridgehead atoms. The fourth-order valence-corrected chi connectivity index (χ4v) is 1.59. The number of rotatable bonds is 2. The first-order valence-electron chi connectivity index (χ1n) is 3.97. The molecule has 1 heterocycles. The second-order valence-corrected chi connectivity index (χ2v) is 3.75. The number of thiophene rings is 1. The number of nitrogens with two attached hydrogens (primary N) is 1. The van der Waals surface area contributed by atoms with Crippen LogP contribution >= 0.6 is 11.3 Å². The van der Waals surface area contributed by atoms with Crippen molar-refractivity contribution in [3.63, 3.8) is 0 Å². The SMILES string of the molecule is CC(=O)c1ccc(C#CCC(N)=O)s1. The molecule has 0 aliphatic heterocycles. The fourth-order valence-electron chi connectivity index (χ4n) is 0.813. The molecule has 3 nitrogen and oxygen atoms in total. The Balaban J connectivity index is 2.71. The van der Waals surface area contributed by atoms with E-state index in [-0.39, 0.29) is 12.2 Å². The molecule has 2 N–H and O–H groups in total. The lowest BCUT2D eigenvalue weighted by Gasteiger charge is -1.82. The number of Topliss-reactive ketones (excluding diaryl/α,β-unsaturated/α-hetero) is 1. The van der Waals surface area contributed by atoms with Gasteiger partial charge in [-0.25, -0.2) is 0 Å². The van der Waals surface area contributed by atoms with E-state index < -0.39 is 5.91 Å². The molecule has 0 saturated carbocycles. The molecule has 1 amide bonds. The van der Waals surface area contributed by atoms with Gasteiger partial charge in [-0.1, -0.05) is 11.8 Å². The molecule has 0 fully saturated rings. The van der Waals surface area contributed by atoms with Gasteiger partial charge in [-0.3, -0.25) is 9.59 Å². The van der Waals surface area contributed by atoms with E-state index in [0.717, 1.165) is 4.88 Å². The Bertz CT molecular complexity index is 423. The number of amides is 1. The zero-order chi connectivity index (χ0) is 10.6. The summed E-state index contributed by atoms with van der Waals surface area (Å²) in [4.78, 5) is 22.7. The Labute approximate surface area is 85.9 Å². The van der Waals surface area contributed by atoms with Crippen LogP contribution in [0.5, 0.6) is 0 Å². The summed E-state index contributed by atoms with van der Waals surface area (Å²) < 4.78 is 0. The Morgan fingerprint density at radius 1 is 1.50 bits per heavy atom. The summed E-state index contributed by atoms with van der Waals surface area (Å²) in [6.45, 7) is 1.51. The molecule has 1 aromatic heterocycles. The molecule has 4 heteroatoms.